The van der Waals surface area contributed by atoms with Crippen LogP contribution in [0, 0.1) is 5.92 Å². The van der Waals surface area contributed by atoms with Gasteiger partial charge in [-0.25, -0.2) is 0 Å². The van der Waals surface area contributed by atoms with E-state index in [1.54, 1.807) is 0 Å². The fourth-order valence-corrected chi connectivity index (χ4v) is 1.64. The topological polar surface area (TPSA) is 84.2 Å². The molecule has 18 heavy (non-hydrogen) atoms. The van der Waals surface area contributed by atoms with Crippen molar-refractivity contribution in [2.75, 3.05) is 13.1 Å². The number of amides is 2. The summed E-state index contributed by atoms with van der Waals surface area (Å²) in [5.74, 6) is -0.0237. The third kappa shape index (κ3) is 8.98. The van der Waals surface area contributed by atoms with Gasteiger partial charge < -0.3 is 16.4 Å². The van der Waals surface area contributed by atoms with E-state index in [0.29, 0.717) is 19.5 Å². The zero-order chi connectivity index (χ0) is 14.0. The van der Waals surface area contributed by atoms with Crippen LogP contribution in [0.5, 0.6) is 0 Å². The summed E-state index contributed by atoms with van der Waals surface area (Å²) in [7, 11) is 0. The zero-order valence-corrected chi connectivity index (χ0v) is 11.8. The molecule has 0 heterocycles. The van der Waals surface area contributed by atoms with Crippen molar-refractivity contribution < 1.29 is 9.59 Å². The highest BCUT2D eigenvalue weighted by atomic mass is 16.2. The zero-order valence-electron chi connectivity index (χ0n) is 11.8. The van der Waals surface area contributed by atoms with Crippen molar-refractivity contribution in [3.8, 4) is 0 Å². The summed E-state index contributed by atoms with van der Waals surface area (Å²) in [4.78, 5) is 22.8. The van der Waals surface area contributed by atoms with E-state index in [-0.39, 0.29) is 23.8 Å². The maximum Gasteiger partial charge on any atom is 0.222 e. The summed E-state index contributed by atoms with van der Waals surface area (Å²) >= 11 is 0. The van der Waals surface area contributed by atoms with Crippen LogP contribution >= 0.6 is 0 Å². The molecule has 0 rings (SSSR count). The Balaban J connectivity index is 3.64. The first kappa shape index (κ1) is 16.9. The number of rotatable bonds is 9. The van der Waals surface area contributed by atoms with Gasteiger partial charge in [-0.3, -0.25) is 9.59 Å². The van der Waals surface area contributed by atoms with Gasteiger partial charge in [0, 0.05) is 31.5 Å². The highest BCUT2D eigenvalue weighted by molar-refractivity contribution is 5.80. The number of hydrogen-bond acceptors (Lipinski definition) is 3. The Morgan fingerprint density at radius 3 is 2.39 bits per heavy atom. The van der Waals surface area contributed by atoms with Crippen molar-refractivity contribution in [2.24, 2.45) is 11.7 Å². The summed E-state index contributed by atoms with van der Waals surface area (Å²) < 4.78 is 0. The Morgan fingerprint density at radius 1 is 1.17 bits per heavy atom. The van der Waals surface area contributed by atoms with Crippen molar-refractivity contribution in [1.82, 2.24) is 10.6 Å². The van der Waals surface area contributed by atoms with Crippen LogP contribution in [0.1, 0.15) is 46.5 Å². The van der Waals surface area contributed by atoms with Gasteiger partial charge in [0.1, 0.15) is 0 Å². The Labute approximate surface area is 110 Å². The van der Waals surface area contributed by atoms with Crippen LogP contribution in [0.4, 0.5) is 0 Å². The van der Waals surface area contributed by atoms with E-state index in [4.69, 9.17) is 5.73 Å². The van der Waals surface area contributed by atoms with Crippen LogP contribution in [0.3, 0.4) is 0 Å². The second-order valence-electron chi connectivity index (χ2n) is 4.80. The molecule has 0 aromatic heterocycles. The van der Waals surface area contributed by atoms with Crippen molar-refractivity contribution in [1.29, 1.82) is 0 Å². The minimum absolute atomic E-state index is 0.0158. The Morgan fingerprint density at radius 2 is 1.83 bits per heavy atom. The predicted octanol–water partition coefficient (Wildman–Crippen LogP) is 0.782. The largest absolute Gasteiger partial charge is 0.356 e. The molecule has 0 saturated carbocycles. The first-order valence-electron chi connectivity index (χ1n) is 6.77. The van der Waals surface area contributed by atoms with Crippen LogP contribution in [0.25, 0.3) is 0 Å². The molecule has 5 heteroatoms. The first-order valence-corrected chi connectivity index (χ1v) is 6.77. The molecule has 2 atom stereocenters. The van der Waals surface area contributed by atoms with E-state index in [9.17, 15) is 9.59 Å². The van der Waals surface area contributed by atoms with Crippen molar-refractivity contribution in [3.63, 3.8) is 0 Å². The van der Waals surface area contributed by atoms with Crippen LogP contribution in [-0.2, 0) is 9.59 Å². The molecule has 0 aromatic carbocycles. The van der Waals surface area contributed by atoms with E-state index < -0.39 is 0 Å². The molecule has 0 bridgehead atoms. The predicted molar refractivity (Wildman–Crippen MR) is 73.0 cm³/mol. The number of carbonyl (C=O) groups is 2. The van der Waals surface area contributed by atoms with Gasteiger partial charge in [0.2, 0.25) is 11.8 Å². The monoisotopic (exact) mass is 257 g/mol. The van der Waals surface area contributed by atoms with Gasteiger partial charge >= 0.3 is 0 Å². The molecule has 0 radical (unpaired) electrons. The summed E-state index contributed by atoms with van der Waals surface area (Å²) in [6, 6.07) is 0.193. The average molecular weight is 257 g/mol. The summed E-state index contributed by atoms with van der Waals surface area (Å²) in [5, 5.41) is 5.47. The van der Waals surface area contributed by atoms with Gasteiger partial charge in [0.15, 0.2) is 0 Å². The average Bonchev–Trinajstić information content (AvgIpc) is 2.28. The van der Waals surface area contributed by atoms with Gasteiger partial charge in [-0.15, -0.1) is 0 Å². The molecular formula is C13H27N3O2. The smallest absolute Gasteiger partial charge is 0.222 e. The van der Waals surface area contributed by atoms with E-state index >= 15 is 0 Å². The highest BCUT2D eigenvalue weighted by Gasteiger charge is 2.12. The molecule has 0 spiro atoms. The number of nitrogens with one attached hydrogen (secondary N) is 2. The lowest BCUT2D eigenvalue weighted by molar-refractivity contribution is -0.125. The first-order chi connectivity index (χ1) is 8.47. The summed E-state index contributed by atoms with van der Waals surface area (Å²) in [6.07, 6.45) is 3.08. The van der Waals surface area contributed by atoms with Crippen LogP contribution in [-0.4, -0.2) is 30.9 Å². The SMILES string of the molecule is CCNC(=O)CCNC(=O)C(C)CCCC(C)N. The quantitative estimate of drug-likeness (QED) is 0.571. The molecule has 2 amide bonds. The van der Waals surface area contributed by atoms with Crippen LogP contribution in [0.2, 0.25) is 0 Å². The van der Waals surface area contributed by atoms with Gasteiger partial charge in [-0.1, -0.05) is 13.3 Å². The van der Waals surface area contributed by atoms with Crippen molar-refractivity contribution in [2.45, 2.75) is 52.5 Å². The van der Waals surface area contributed by atoms with Gasteiger partial charge in [0.05, 0.1) is 0 Å². The maximum atomic E-state index is 11.7. The lowest BCUT2D eigenvalue weighted by atomic mass is 10.0. The minimum atomic E-state index is -0.0255. The molecule has 5 nitrogen and oxygen atoms in total. The minimum Gasteiger partial charge on any atom is -0.356 e. The second kappa shape index (κ2) is 9.88. The summed E-state index contributed by atoms with van der Waals surface area (Å²) in [5.41, 5.74) is 5.65. The molecule has 0 aliphatic carbocycles. The van der Waals surface area contributed by atoms with Gasteiger partial charge in [-0.2, -0.15) is 0 Å². The molecule has 0 saturated heterocycles. The van der Waals surface area contributed by atoms with E-state index in [1.165, 1.54) is 0 Å². The Kier molecular flexibility index (Phi) is 9.28. The van der Waals surface area contributed by atoms with E-state index in [0.717, 1.165) is 19.3 Å². The molecule has 0 aliphatic rings. The second-order valence-corrected chi connectivity index (χ2v) is 4.80. The van der Waals surface area contributed by atoms with Crippen molar-refractivity contribution >= 4 is 11.8 Å². The Hall–Kier alpha value is -1.10. The lowest BCUT2D eigenvalue weighted by Gasteiger charge is -2.12. The standard InChI is InChI=1S/C13H27N3O2/c1-4-15-12(17)8-9-16-13(18)10(2)6-5-7-11(3)14/h10-11H,4-9,14H2,1-3H3,(H,15,17)(H,16,18). The van der Waals surface area contributed by atoms with E-state index in [2.05, 4.69) is 10.6 Å². The molecule has 2 unspecified atom stereocenters. The van der Waals surface area contributed by atoms with Crippen LogP contribution < -0.4 is 16.4 Å². The van der Waals surface area contributed by atoms with Gasteiger partial charge in [-0.05, 0) is 26.7 Å². The molecule has 106 valence electrons. The van der Waals surface area contributed by atoms with Crippen LogP contribution in [0.15, 0.2) is 0 Å². The fraction of sp³-hybridized carbons (Fsp3) is 0.846. The Bertz CT molecular complexity index is 255. The highest BCUT2D eigenvalue weighted by Crippen LogP contribution is 2.08. The molecule has 0 aliphatic heterocycles. The number of carbonyl (C=O) groups excluding carboxylic acids is 2. The van der Waals surface area contributed by atoms with Crippen molar-refractivity contribution in [3.05, 3.63) is 0 Å². The third-order valence-electron chi connectivity index (χ3n) is 2.77. The fourth-order valence-electron chi connectivity index (χ4n) is 1.64. The molecule has 0 aromatic rings. The summed E-state index contributed by atoms with van der Waals surface area (Å²) in [6.45, 7) is 6.78. The number of nitrogens with two attached hydrogens (primary N) is 1. The number of hydrogen-bond donors (Lipinski definition) is 3. The van der Waals surface area contributed by atoms with Gasteiger partial charge in [0.25, 0.3) is 0 Å². The normalized spacial score (nSPS) is 13.8. The molecule has 0 fully saturated rings. The molecule has 4 N–H and O–H groups in total. The molecular weight excluding hydrogens is 230 g/mol. The third-order valence-corrected chi connectivity index (χ3v) is 2.77. The maximum absolute atomic E-state index is 11.7. The van der Waals surface area contributed by atoms with E-state index in [1.807, 2.05) is 20.8 Å². The lowest BCUT2D eigenvalue weighted by Crippen LogP contribution is -2.33.